The average molecular weight is 388 g/mol. The van der Waals surface area contributed by atoms with Crippen LogP contribution in [0.4, 0.5) is 0 Å². The third kappa shape index (κ3) is 4.32. The first kappa shape index (κ1) is 18.5. The minimum atomic E-state index is -0.816. The van der Waals surface area contributed by atoms with Crippen molar-refractivity contribution < 1.29 is 5.11 Å². The highest BCUT2D eigenvalue weighted by Gasteiger charge is 2.21. The Bertz CT molecular complexity index is 1000. The molecule has 3 aromatic carbocycles. The smallest absolute Gasteiger partial charge is 0.191 e. The normalized spacial score (nSPS) is 12.0. The third-order valence-corrected chi connectivity index (χ3v) is 5.54. The highest BCUT2D eigenvalue weighted by atomic mass is 32.2. The third-order valence-electron chi connectivity index (χ3n) is 4.50. The van der Waals surface area contributed by atoms with Crippen LogP contribution >= 0.6 is 11.8 Å². The lowest BCUT2D eigenvalue weighted by atomic mass is 10.1. The van der Waals surface area contributed by atoms with E-state index in [9.17, 15) is 5.11 Å². The summed E-state index contributed by atoms with van der Waals surface area (Å²) in [7, 11) is 0. The van der Waals surface area contributed by atoms with Gasteiger partial charge in [-0.2, -0.15) is 0 Å². The highest BCUT2D eigenvalue weighted by Crippen LogP contribution is 2.27. The van der Waals surface area contributed by atoms with Crippen LogP contribution in [0.25, 0.3) is 0 Å². The molecule has 0 radical (unpaired) electrons. The van der Waals surface area contributed by atoms with Crippen molar-refractivity contribution in [3.05, 3.63) is 114 Å². The number of hydrogen-bond donors (Lipinski definition) is 1. The lowest BCUT2D eigenvalue weighted by molar-refractivity contribution is 0.204. The van der Waals surface area contributed by atoms with Gasteiger partial charge in [-0.15, -0.1) is 10.2 Å². The number of rotatable bonds is 7. The topological polar surface area (TPSA) is 50.9 Å². The summed E-state index contributed by atoms with van der Waals surface area (Å²) < 4.78 is 2.01. The summed E-state index contributed by atoms with van der Waals surface area (Å²) in [6.45, 7) is 0.615. The Morgan fingerprint density at radius 1 is 0.750 bits per heavy atom. The van der Waals surface area contributed by atoms with Crippen LogP contribution in [0.15, 0.2) is 96.2 Å². The molecule has 1 aromatic heterocycles. The second-order valence-corrected chi connectivity index (χ2v) is 7.44. The molecular weight excluding hydrogens is 366 g/mol. The summed E-state index contributed by atoms with van der Waals surface area (Å²) in [6, 6.07) is 30.1. The predicted octanol–water partition coefficient (Wildman–Crippen LogP) is 4.70. The molecule has 0 saturated heterocycles. The van der Waals surface area contributed by atoms with Gasteiger partial charge >= 0.3 is 0 Å². The van der Waals surface area contributed by atoms with E-state index in [0.717, 1.165) is 22.0 Å². The molecule has 28 heavy (non-hydrogen) atoms. The molecule has 4 aromatic rings. The van der Waals surface area contributed by atoms with E-state index >= 15 is 0 Å². The molecule has 0 bridgehead atoms. The van der Waals surface area contributed by atoms with Gasteiger partial charge in [0.1, 0.15) is 6.10 Å². The molecule has 1 unspecified atom stereocenters. The fraction of sp³-hybridized carbons (Fsp3) is 0.130. The highest BCUT2D eigenvalue weighted by molar-refractivity contribution is 7.98. The van der Waals surface area contributed by atoms with Crippen molar-refractivity contribution in [3.8, 4) is 0 Å². The van der Waals surface area contributed by atoms with E-state index in [4.69, 9.17) is 0 Å². The maximum absolute atomic E-state index is 10.9. The molecule has 0 saturated carbocycles. The van der Waals surface area contributed by atoms with Gasteiger partial charge in [0.05, 0.1) is 6.54 Å². The van der Waals surface area contributed by atoms with E-state index in [1.807, 2.05) is 71.3 Å². The lowest BCUT2D eigenvalue weighted by Gasteiger charge is -2.14. The maximum Gasteiger partial charge on any atom is 0.191 e. The number of benzene rings is 3. The molecular formula is C23H21N3OS. The summed E-state index contributed by atoms with van der Waals surface area (Å²) >= 11 is 1.63. The van der Waals surface area contributed by atoms with Gasteiger partial charge in [0.25, 0.3) is 0 Å². The van der Waals surface area contributed by atoms with Gasteiger partial charge in [0.15, 0.2) is 11.0 Å². The minimum absolute atomic E-state index is 0.561. The Balaban J connectivity index is 1.64. The molecule has 0 spiro atoms. The maximum atomic E-state index is 10.9. The van der Waals surface area contributed by atoms with E-state index in [1.54, 1.807) is 11.8 Å². The monoisotopic (exact) mass is 387 g/mol. The van der Waals surface area contributed by atoms with Crippen molar-refractivity contribution >= 4 is 11.8 Å². The molecule has 140 valence electrons. The van der Waals surface area contributed by atoms with Gasteiger partial charge in [0, 0.05) is 5.75 Å². The van der Waals surface area contributed by atoms with Gasteiger partial charge in [-0.25, -0.2) is 0 Å². The molecule has 4 nitrogen and oxygen atoms in total. The molecule has 5 heteroatoms. The summed E-state index contributed by atoms with van der Waals surface area (Å²) in [5.41, 5.74) is 3.18. The number of aliphatic hydroxyl groups excluding tert-OH is 1. The molecule has 1 N–H and O–H groups in total. The molecule has 0 aliphatic heterocycles. The van der Waals surface area contributed by atoms with Crippen molar-refractivity contribution in [3.63, 3.8) is 0 Å². The predicted molar refractivity (Wildman–Crippen MR) is 112 cm³/mol. The van der Waals surface area contributed by atoms with Crippen molar-refractivity contribution in [2.75, 3.05) is 0 Å². The van der Waals surface area contributed by atoms with Gasteiger partial charge in [-0.1, -0.05) is 103 Å². The number of nitrogens with zero attached hydrogens (tertiary/aromatic N) is 3. The van der Waals surface area contributed by atoms with Gasteiger partial charge in [-0.05, 0) is 16.7 Å². The Kier molecular flexibility index (Phi) is 5.85. The zero-order valence-corrected chi connectivity index (χ0v) is 16.2. The fourth-order valence-electron chi connectivity index (χ4n) is 3.03. The van der Waals surface area contributed by atoms with Crippen LogP contribution < -0.4 is 0 Å². The summed E-state index contributed by atoms with van der Waals surface area (Å²) in [6.07, 6.45) is -0.816. The van der Waals surface area contributed by atoms with E-state index in [2.05, 4.69) is 34.5 Å². The van der Waals surface area contributed by atoms with Crippen LogP contribution in [0.3, 0.4) is 0 Å². The zero-order chi connectivity index (χ0) is 19.2. The van der Waals surface area contributed by atoms with Gasteiger partial charge in [0.2, 0.25) is 0 Å². The molecule has 0 aliphatic carbocycles. The van der Waals surface area contributed by atoms with Crippen LogP contribution in [0.5, 0.6) is 0 Å². The lowest BCUT2D eigenvalue weighted by Crippen LogP contribution is -2.12. The van der Waals surface area contributed by atoms with Crippen LogP contribution in [0, 0.1) is 0 Å². The Labute approximate surface area is 168 Å². The van der Waals surface area contributed by atoms with E-state index in [1.165, 1.54) is 5.56 Å². The quantitative estimate of drug-likeness (QED) is 0.467. The van der Waals surface area contributed by atoms with Crippen molar-refractivity contribution in [2.45, 2.75) is 23.6 Å². The fourth-order valence-corrected chi connectivity index (χ4v) is 3.93. The first-order valence-corrected chi connectivity index (χ1v) is 10.2. The minimum Gasteiger partial charge on any atom is -0.380 e. The van der Waals surface area contributed by atoms with Crippen molar-refractivity contribution in [2.24, 2.45) is 0 Å². The van der Waals surface area contributed by atoms with Crippen LogP contribution in [0.1, 0.15) is 28.6 Å². The van der Waals surface area contributed by atoms with Crippen molar-refractivity contribution in [1.82, 2.24) is 14.8 Å². The molecule has 0 fully saturated rings. The van der Waals surface area contributed by atoms with E-state index in [0.29, 0.717) is 12.4 Å². The van der Waals surface area contributed by atoms with Gasteiger partial charge < -0.3 is 5.11 Å². The van der Waals surface area contributed by atoms with Crippen LogP contribution in [0.2, 0.25) is 0 Å². The zero-order valence-electron chi connectivity index (χ0n) is 15.3. The Morgan fingerprint density at radius 2 is 1.32 bits per heavy atom. The molecule has 0 aliphatic rings. The second-order valence-electron chi connectivity index (χ2n) is 6.50. The van der Waals surface area contributed by atoms with Crippen LogP contribution in [-0.4, -0.2) is 19.9 Å². The number of thioether (sulfide) groups is 1. The first-order valence-electron chi connectivity index (χ1n) is 9.18. The summed E-state index contributed by atoms with van der Waals surface area (Å²) in [5, 5.41) is 20.5. The molecule has 1 heterocycles. The standard InChI is InChI=1S/C23H21N3OS/c27-21(20-14-8-3-9-15-20)22-24-25-23(28-17-19-12-6-2-7-13-19)26(22)16-18-10-4-1-5-11-18/h1-15,21,27H,16-17H2. The molecule has 4 rings (SSSR count). The summed E-state index contributed by atoms with van der Waals surface area (Å²) in [4.78, 5) is 0. The van der Waals surface area contributed by atoms with E-state index in [-0.39, 0.29) is 0 Å². The number of aliphatic hydroxyl groups is 1. The molecule has 0 amide bonds. The van der Waals surface area contributed by atoms with Gasteiger partial charge in [-0.3, -0.25) is 4.57 Å². The Hall–Kier alpha value is -2.89. The summed E-state index contributed by atoms with van der Waals surface area (Å²) in [5.74, 6) is 1.36. The number of aromatic nitrogens is 3. The SMILES string of the molecule is OC(c1ccccc1)c1nnc(SCc2ccccc2)n1Cc1ccccc1. The van der Waals surface area contributed by atoms with Crippen molar-refractivity contribution in [1.29, 1.82) is 0 Å². The largest absolute Gasteiger partial charge is 0.380 e. The second kappa shape index (κ2) is 8.87. The Morgan fingerprint density at radius 3 is 1.96 bits per heavy atom. The van der Waals surface area contributed by atoms with E-state index < -0.39 is 6.10 Å². The number of hydrogen-bond acceptors (Lipinski definition) is 4. The van der Waals surface area contributed by atoms with Crippen LogP contribution in [-0.2, 0) is 12.3 Å². The average Bonchev–Trinajstić information content (AvgIpc) is 3.16. The molecule has 1 atom stereocenters. The first-order chi connectivity index (χ1) is 13.8.